The van der Waals surface area contributed by atoms with Crippen LogP contribution in [-0.2, 0) is 9.84 Å². The van der Waals surface area contributed by atoms with Gasteiger partial charge in [-0.25, -0.2) is 8.42 Å². The Morgan fingerprint density at radius 3 is 2.52 bits per heavy atom. The highest BCUT2D eigenvalue weighted by atomic mass is 35.5. The molecule has 2 aromatic carbocycles. The Morgan fingerprint density at radius 2 is 1.90 bits per heavy atom. The second-order valence-electron chi connectivity index (χ2n) is 4.49. The molecular formula is C14H13ClN2O3S. The molecule has 2 aromatic rings. The summed E-state index contributed by atoms with van der Waals surface area (Å²) >= 11 is 5.96. The maximum atomic E-state index is 12.1. The van der Waals surface area contributed by atoms with E-state index >= 15 is 0 Å². The number of nitrogens with one attached hydrogen (secondary N) is 1. The molecule has 0 bridgehead atoms. The van der Waals surface area contributed by atoms with Crippen LogP contribution in [0.25, 0.3) is 0 Å². The van der Waals surface area contributed by atoms with E-state index in [0.29, 0.717) is 11.4 Å². The number of amides is 1. The summed E-state index contributed by atoms with van der Waals surface area (Å²) in [6.07, 6.45) is 1.10. The summed E-state index contributed by atoms with van der Waals surface area (Å²) in [5, 5.41) is 2.83. The van der Waals surface area contributed by atoms with Crippen LogP contribution in [0.15, 0.2) is 47.4 Å². The highest BCUT2D eigenvalue weighted by molar-refractivity contribution is 7.90. The molecule has 0 fully saturated rings. The maximum absolute atomic E-state index is 12.1. The van der Waals surface area contributed by atoms with Gasteiger partial charge in [-0.1, -0.05) is 17.7 Å². The van der Waals surface area contributed by atoms with Gasteiger partial charge in [-0.05, 0) is 36.4 Å². The van der Waals surface area contributed by atoms with Crippen LogP contribution in [0.3, 0.4) is 0 Å². The SMILES string of the molecule is CS(=O)(=O)c1cccc(NC(=O)c2ccc(N)cc2Cl)c1. The molecule has 3 N–H and O–H groups in total. The monoisotopic (exact) mass is 324 g/mol. The van der Waals surface area contributed by atoms with Gasteiger partial charge in [0.2, 0.25) is 0 Å². The van der Waals surface area contributed by atoms with Crippen molar-refractivity contribution < 1.29 is 13.2 Å². The molecule has 5 nitrogen and oxygen atoms in total. The third-order valence-corrected chi connectivity index (χ3v) is 4.18. The number of halogens is 1. The lowest BCUT2D eigenvalue weighted by Crippen LogP contribution is -2.13. The van der Waals surface area contributed by atoms with Gasteiger partial charge in [0.15, 0.2) is 9.84 Å². The number of hydrogen-bond donors (Lipinski definition) is 2. The van der Waals surface area contributed by atoms with Crippen molar-refractivity contribution in [3.05, 3.63) is 53.1 Å². The third-order valence-electron chi connectivity index (χ3n) is 2.76. The summed E-state index contributed by atoms with van der Waals surface area (Å²) < 4.78 is 23.0. The summed E-state index contributed by atoms with van der Waals surface area (Å²) in [5.41, 5.74) is 6.65. The van der Waals surface area contributed by atoms with E-state index in [-0.39, 0.29) is 15.5 Å². The van der Waals surface area contributed by atoms with Crippen LogP contribution in [-0.4, -0.2) is 20.6 Å². The predicted molar refractivity (Wildman–Crippen MR) is 83.4 cm³/mol. The normalized spacial score (nSPS) is 11.1. The fraction of sp³-hybridized carbons (Fsp3) is 0.0714. The van der Waals surface area contributed by atoms with Crippen molar-refractivity contribution in [3.63, 3.8) is 0 Å². The topological polar surface area (TPSA) is 89.3 Å². The Kier molecular flexibility index (Phi) is 4.20. The number of sulfone groups is 1. The second-order valence-corrected chi connectivity index (χ2v) is 6.92. The van der Waals surface area contributed by atoms with E-state index in [4.69, 9.17) is 17.3 Å². The van der Waals surface area contributed by atoms with Crippen molar-refractivity contribution in [3.8, 4) is 0 Å². The van der Waals surface area contributed by atoms with E-state index in [2.05, 4.69) is 5.32 Å². The lowest BCUT2D eigenvalue weighted by molar-refractivity contribution is 0.102. The first-order valence-corrected chi connectivity index (χ1v) is 8.21. The van der Waals surface area contributed by atoms with E-state index in [0.717, 1.165) is 6.26 Å². The molecule has 0 heterocycles. The Bertz CT molecular complexity index is 804. The number of hydrogen-bond acceptors (Lipinski definition) is 4. The summed E-state index contributed by atoms with van der Waals surface area (Å²) in [7, 11) is -3.33. The van der Waals surface area contributed by atoms with Crippen molar-refractivity contribution in [2.45, 2.75) is 4.90 Å². The zero-order valence-corrected chi connectivity index (χ0v) is 12.7. The van der Waals surface area contributed by atoms with Crippen LogP contribution in [0.1, 0.15) is 10.4 Å². The van der Waals surface area contributed by atoms with Crippen molar-refractivity contribution in [2.24, 2.45) is 0 Å². The van der Waals surface area contributed by atoms with Gasteiger partial charge in [0.05, 0.1) is 15.5 Å². The molecule has 0 saturated heterocycles. The van der Waals surface area contributed by atoms with Crippen LogP contribution in [0.5, 0.6) is 0 Å². The van der Waals surface area contributed by atoms with Crippen LogP contribution >= 0.6 is 11.6 Å². The van der Waals surface area contributed by atoms with Crippen molar-refractivity contribution in [1.29, 1.82) is 0 Å². The third kappa shape index (κ3) is 3.74. The quantitative estimate of drug-likeness (QED) is 0.849. The van der Waals surface area contributed by atoms with E-state index in [9.17, 15) is 13.2 Å². The molecule has 0 atom stereocenters. The van der Waals surface area contributed by atoms with Crippen LogP contribution in [0.4, 0.5) is 11.4 Å². The van der Waals surface area contributed by atoms with Gasteiger partial charge in [0.1, 0.15) is 0 Å². The standard InChI is InChI=1S/C14H13ClN2O3S/c1-21(19,20)11-4-2-3-10(8-11)17-14(18)12-6-5-9(16)7-13(12)15/h2-8H,16H2,1H3,(H,17,18). The number of carbonyl (C=O) groups is 1. The zero-order chi connectivity index (χ0) is 15.6. The molecule has 0 aliphatic carbocycles. The van der Waals surface area contributed by atoms with Gasteiger partial charge >= 0.3 is 0 Å². The Labute approximate surface area is 127 Å². The molecule has 7 heteroatoms. The summed E-state index contributed by atoms with van der Waals surface area (Å²) in [5.74, 6) is -0.439. The van der Waals surface area contributed by atoms with E-state index < -0.39 is 15.7 Å². The molecule has 0 aliphatic rings. The molecule has 0 radical (unpaired) electrons. The summed E-state index contributed by atoms with van der Waals surface area (Å²) in [6.45, 7) is 0. The van der Waals surface area contributed by atoms with Gasteiger partial charge in [-0.3, -0.25) is 4.79 Å². The smallest absolute Gasteiger partial charge is 0.257 e. The number of nitrogens with two attached hydrogens (primary N) is 1. The van der Waals surface area contributed by atoms with Crippen LogP contribution < -0.4 is 11.1 Å². The number of benzene rings is 2. The largest absolute Gasteiger partial charge is 0.399 e. The van der Waals surface area contributed by atoms with Gasteiger partial charge in [0, 0.05) is 17.6 Å². The lowest BCUT2D eigenvalue weighted by atomic mass is 10.2. The molecule has 0 saturated carbocycles. The molecule has 0 aromatic heterocycles. The maximum Gasteiger partial charge on any atom is 0.257 e. The molecular weight excluding hydrogens is 312 g/mol. The number of nitrogen functional groups attached to an aromatic ring is 1. The molecule has 110 valence electrons. The Morgan fingerprint density at radius 1 is 1.19 bits per heavy atom. The van der Waals surface area contributed by atoms with Gasteiger partial charge < -0.3 is 11.1 Å². The van der Waals surface area contributed by atoms with Gasteiger partial charge in [0.25, 0.3) is 5.91 Å². The first kappa shape index (κ1) is 15.3. The predicted octanol–water partition coefficient (Wildman–Crippen LogP) is 2.58. The van der Waals surface area contributed by atoms with Crippen molar-refractivity contribution >= 4 is 38.7 Å². The Balaban J connectivity index is 2.28. The Hall–Kier alpha value is -2.05. The lowest BCUT2D eigenvalue weighted by Gasteiger charge is -2.08. The van der Waals surface area contributed by atoms with Gasteiger partial charge in [-0.15, -0.1) is 0 Å². The fourth-order valence-electron chi connectivity index (χ4n) is 1.72. The first-order valence-electron chi connectivity index (χ1n) is 5.94. The molecule has 0 unspecified atom stereocenters. The highest BCUT2D eigenvalue weighted by Gasteiger charge is 2.12. The first-order chi connectivity index (χ1) is 9.77. The number of carbonyl (C=O) groups excluding carboxylic acids is 1. The van der Waals surface area contributed by atoms with Crippen LogP contribution in [0.2, 0.25) is 5.02 Å². The van der Waals surface area contributed by atoms with E-state index in [1.807, 2.05) is 0 Å². The second kappa shape index (κ2) is 5.75. The molecule has 0 spiro atoms. The average molecular weight is 325 g/mol. The average Bonchev–Trinajstić information content (AvgIpc) is 2.37. The number of anilines is 2. The fourth-order valence-corrected chi connectivity index (χ4v) is 2.66. The molecule has 0 aliphatic heterocycles. The summed E-state index contributed by atoms with van der Waals surface area (Å²) in [6, 6.07) is 10.5. The minimum atomic E-state index is -3.33. The van der Waals surface area contributed by atoms with Crippen molar-refractivity contribution in [2.75, 3.05) is 17.3 Å². The minimum absolute atomic E-state index is 0.128. The van der Waals surface area contributed by atoms with E-state index in [1.54, 1.807) is 18.2 Å². The summed E-state index contributed by atoms with van der Waals surface area (Å²) in [4.78, 5) is 12.2. The minimum Gasteiger partial charge on any atom is -0.399 e. The highest BCUT2D eigenvalue weighted by Crippen LogP contribution is 2.21. The molecule has 2 rings (SSSR count). The van der Waals surface area contributed by atoms with E-state index in [1.165, 1.54) is 24.3 Å². The number of rotatable bonds is 3. The van der Waals surface area contributed by atoms with Gasteiger partial charge in [-0.2, -0.15) is 0 Å². The van der Waals surface area contributed by atoms with Crippen LogP contribution in [0, 0.1) is 0 Å². The zero-order valence-electron chi connectivity index (χ0n) is 11.1. The van der Waals surface area contributed by atoms with Crippen molar-refractivity contribution in [1.82, 2.24) is 0 Å². The molecule has 1 amide bonds. The molecule has 21 heavy (non-hydrogen) atoms.